The van der Waals surface area contributed by atoms with Crippen molar-refractivity contribution >= 4 is 29.0 Å². The number of rotatable bonds is 4. The smallest absolute Gasteiger partial charge is 0.287 e. The minimum Gasteiger partial charge on any atom is -0.381 e. The van der Waals surface area contributed by atoms with Gasteiger partial charge in [-0.15, -0.1) is 0 Å². The van der Waals surface area contributed by atoms with Crippen LogP contribution >= 0.6 is 11.6 Å². The largest absolute Gasteiger partial charge is 0.381 e. The number of hydrogen-bond acceptors (Lipinski definition) is 6. The molecule has 30 heavy (non-hydrogen) atoms. The van der Waals surface area contributed by atoms with Crippen LogP contribution in [0.5, 0.6) is 0 Å². The van der Waals surface area contributed by atoms with Crippen molar-refractivity contribution in [2.75, 3.05) is 44.3 Å². The molecule has 0 radical (unpaired) electrons. The van der Waals surface area contributed by atoms with E-state index in [0.29, 0.717) is 63.1 Å². The van der Waals surface area contributed by atoms with E-state index in [0.717, 1.165) is 5.56 Å². The average molecular weight is 431 g/mol. The summed E-state index contributed by atoms with van der Waals surface area (Å²) in [4.78, 5) is 32.2. The third kappa shape index (κ3) is 3.85. The van der Waals surface area contributed by atoms with Crippen molar-refractivity contribution in [3.05, 3.63) is 63.3 Å². The topological polar surface area (TPSA) is 88.8 Å². The summed E-state index contributed by atoms with van der Waals surface area (Å²) in [6.07, 6.45) is 2.49. The normalized spacial score (nSPS) is 18.8. The van der Waals surface area contributed by atoms with E-state index < -0.39 is 10.3 Å². The maximum atomic E-state index is 13.7. The average Bonchev–Trinajstić information content (AvgIpc) is 2.79. The number of halogens is 1. The zero-order chi connectivity index (χ0) is 21.1. The van der Waals surface area contributed by atoms with Crippen LogP contribution in [-0.4, -0.2) is 60.1 Å². The minimum absolute atomic E-state index is 0.0336. The van der Waals surface area contributed by atoms with E-state index in [2.05, 4.69) is 4.98 Å². The third-order valence-corrected chi connectivity index (χ3v) is 6.31. The van der Waals surface area contributed by atoms with Crippen molar-refractivity contribution in [1.29, 1.82) is 0 Å². The van der Waals surface area contributed by atoms with Crippen molar-refractivity contribution < 1.29 is 14.5 Å². The third-order valence-electron chi connectivity index (χ3n) is 5.98. The first-order chi connectivity index (χ1) is 14.5. The lowest BCUT2D eigenvalue weighted by molar-refractivity contribution is -0.385. The summed E-state index contributed by atoms with van der Waals surface area (Å²) in [7, 11) is 0. The monoisotopic (exact) mass is 430 g/mol. The van der Waals surface area contributed by atoms with Crippen molar-refractivity contribution in [3.63, 3.8) is 0 Å². The SMILES string of the molecule is O=C(N1CCN(c2ccc([N+](=O)[O-])cn2)CC1)C1(c2ccccc2Cl)CCOCC1. The van der Waals surface area contributed by atoms with Gasteiger partial charge in [0, 0.05) is 50.5 Å². The highest BCUT2D eigenvalue weighted by Crippen LogP contribution is 2.40. The van der Waals surface area contributed by atoms with Gasteiger partial charge in [0.05, 0.1) is 10.3 Å². The summed E-state index contributed by atoms with van der Waals surface area (Å²) in [5.74, 6) is 0.773. The number of aromatic nitrogens is 1. The molecule has 4 rings (SSSR count). The summed E-state index contributed by atoms with van der Waals surface area (Å²) in [6, 6.07) is 10.7. The maximum absolute atomic E-state index is 13.7. The van der Waals surface area contributed by atoms with Gasteiger partial charge in [0.25, 0.3) is 5.69 Å². The summed E-state index contributed by atoms with van der Waals surface area (Å²) in [5.41, 5.74) is 0.179. The number of carbonyl (C=O) groups excluding carboxylic acids is 1. The molecular weight excluding hydrogens is 408 g/mol. The minimum atomic E-state index is -0.662. The molecule has 1 amide bonds. The van der Waals surface area contributed by atoms with E-state index in [1.165, 1.54) is 12.3 Å². The van der Waals surface area contributed by atoms with Crippen LogP contribution in [0.3, 0.4) is 0 Å². The number of hydrogen-bond donors (Lipinski definition) is 0. The molecule has 0 aliphatic carbocycles. The van der Waals surface area contributed by atoms with Gasteiger partial charge in [0.1, 0.15) is 12.0 Å². The van der Waals surface area contributed by atoms with Crippen LogP contribution in [0.1, 0.15) is 18.4 Å². The number of anilines is 1. The molecule has 3 heterocycles. The van der Waals surface area contributed by atoms with Crippen LogP contribution in [0.15, 0.2) is 42.6 Å². The fraction of sp³-hybridized carbons (Fsp3) is 0.429. The molecular formula is C21H23ClN4O4. The van der Waals surface area contributed by atoms with Crippen molar-refractivity contribution in [1.82, 2.24) is 9.88 Å². The Bertz CT molecular complexity index is 923. The van der Waals surface area contributed by atoms with Crippen LogP contribution in [-0.2, 0) is 14.9 Å². The second-order valence-electron chi connectivity index (χ2n) is 7.59. The van der Waals surface area contributed by atoms with E-state index in [9.17, 15) is 14.9 Å². The molecule has 1 aromatic carbocycles. The summed E-state index contributed by atoms with van der Waals surface area (Å²) < 4.78 is 5.55. The van der Waals surface area contributed by atoms with E-state index in [1.54, 1.807) is 6.07 Å². The predicted molar refractivity (Wildman–Crippen MR) is 113 cm³/mol. The van der Waals surface area contributed by atoms with E-state index in [4.69, 9.17) is 16.3 Å². The number of benzene rings is 1. The standard InChI is InChI=1S/C21H23ClN4O4/c22-18-4-2-1-3-17(18)21(7-13-30-14-8-21)20(27)25-11-9-24(10-12-25)19-6-5-16(15-23-19)26(28)29/h1-6,15H,7-14H2. The molecule has 0 bridgehead atoms. The molecule has 0 N–H and O–H groups in total. The Morgan fingerprint density at radius 3 is 2.40 bits per heavy atom. The van der Waals surface area contributed by atoms with Gasteiger partial charge in [-0.1, -0.05) is 29.8 Å². The molecule has 158 valence electrons. The lowest BCUT2D eigenvalue weighted by Gasteiger charge is -2.43. The molecule has 2 fully saturated rings. The highest BCUT2D eigenvalue weighted by Gasteiger charge is 2.45. The van der Waals surface area contributed by atoms with Gasteiger partial charge in [0.15, 0.2) is 0 Å². The number of carbonyl (C=O) groups is 1. The number of nitro groups is 1. The Morgan fingerprint density at radius 1 is 1.10 bits per heavy atom. The number of amides is 1. The molecule has 0 saturated carbocycles. The molecule has 0 spiro atoms. The molecule has 2 aliphatic heterocycles. The fourth-order valence-electron chi connectivity index (χ4n) is 4.28. The zero-order valence-electron chi connectivity index (χ0n) is 16.5. The van der Waals surface area contributed by atoms with Crippen molar-refractivity contribution in [2.24, 2.45) is 0 Å². The highest BCUT2D eigenvalue weighted by molar-refractivity contribution is 6.31. The number of pyridine rings is 1. The first kappa shape index (κ1) is 20.6. The lowest BCUT2D eigenvalue weighted by atomic mass is 9.72. The van der Waals surface area contributed by atoms with Gasteiger partial charge >= 0.3 is 0 Å². The number of ether oxygens (including phenoxy) is 1. The first-order valence-electron chi connectivity index (χ1n) is 9.99. The van der Waals surface area contributed by atoms with Crippen LogP contribution in [0.4, 0.5) is 11.5 Å². The Morgan fingerprint density at radius 2 is 1.80 bits per heavy atom. The second kappa shape index (κ2) is 8.57. The Labute approximate surface area is 179 Å². The lowest BCUT2D eigenvalue weighted by Crippen LogP contribution is -2.56. The second-order valence-corrected chi connectivity index (χ2v) is 7.99. The van der Waals surface area contributed by atoms with Gasteiger partial charge < -0.3 is 14.5 Å². The molecule has 0 atom stereocenters. The summed E-state index contributed by atoms with van der Waals surface area (Å²) in [6.45, 7) is 3.42. The molecule has 8 nitrogen and oxygen atoms in total. The van der Waals surface area contributed by atoms with Crippen LogP contribution < -0.4 is 4.90 Å². The van der Waals surface area contributed by atoms with Crippen molar-refractivity contribution in [2.45, 2.75) is 18.3 Å². The Balaban J connectivity index is 1.49. The Hall–Kier alpha value is -2.71. The highest BCUT2D eigenvalue weighted by atomic mass is 35.5. The van der Waals surface area contributed by atoms with Crippen molar-refractivity contribution in [3.8, 4) is 0 Å². The van der Waals surface area contributed by atoms with Gasteiger partial charge in [-0.25, -0.2) is 4.98 Å². The quantitative estimate of drug-likeness (QED) is 0.547. The first-order valence-corrected chi connectivity index (χ1v) is 10.4. The van der Waals surface area contributed by atoms with E-state index in [-0.39, 0.29) is 11.6 Å². The Kier molecular flexibility index (Phi) is 5.87. The molecule has 2 aliphatic rings. The summed E-state index contributed by atoms with van der Waals surface area (Å²) >= 11 is 6.49. The van der Waals surface area contributed by atoms with Crippen LogP contribution in [0.25, 0.3) is 0 Å². The predicted octanol–water partition coefficient (Wildman–Crippen LogP) is 3.04. The van der Waals surface area contributed by atoms with Gasteiger partial charge in [0.2, 0.25) is 5.91 Å². The number of nitrogens with zero attached hydrogens (tertiary/aromatic N) is 4. The van der Waals surface area contributed by atoms with Crippen LogP contribution in [0.2, 0.25) is 5.02 Å². The molecule has 1 aromatic heterocycles. The van der Waals surface area contributed by atoms with E-state index >= 15 is 0 Å². The van der Waals surface area contributed by atoms with Crippen LogP contribution in [0, 0.1) is 10.1 Å². The molecule has 2 aromatic rings. The van der Waals surface area contributed by atoms with Gasteiger partial charge in [-0.3, -0.25) is 14.9 Å². The molecule has 0 unspecified atom stereocenters. The maximum Gasteiger partial charge on any atom is 0.287 e. The van der Waals surface area contributed by atoms with Gasteiger partial charge in [-0.2, -0.15) is 0 Å². The van der Waals surface area contributed by atoms with Gasteiger partial charge in [-0.05, 0) is 30.5 Å². The molecule has 2 saturated heterocycles. The fourth-order valence-corrected chi connectivity index (χ4v) is 4.60. The van der Waals surface area contributed by atoms with E-state index in [1.807, 2.05) is 34.1 Å². The summed E-state index contributed by atoms with van der Waals surface area (Å²) in [5, 5.41) is 11.4. The molecule has 9 heteroatoms. The zero-order valence-corrected chi connectivity index (χ0v) is 17.3. The number of piperazine rings is 1.